The molecule has 3 aromatic rings. The van der Waals surface area contributed by atoms with Gasteiger partial charge in [0.1, 0.15) is 5.69 Å². The highest BCUT2D eigenvalue weighted by atomic mass is 35.5. The molecule has 0 aliphatic carbocycles. The second-order valence-corrected chi connectivity index (χ2v) is 12.2. The van der Waals surface area contributed by atoms with Crippen LogP contribution in [0, 0.1) is 6.92 Å². The Morgan fingerprint density at radius 2 is 1.76 bits per heavy atom. The first-order valence-corrected chi connectivity index (χ1v) is 13.1. The molecule has 0 aliphatic heterocycles. The first-order chi connectivity index (χ1) is 17.2. The number of aromatic nitrogens is 3. The number of pyridine rings is 1. The molecule has 0 atom stereocenters. The molecule has 1 N–H and O–H groups in total. The zero-order valence-electron chi connectivity index (χ0n) is 20.5. The van der Waals surface area contributed by atoms with Gasteiger partial charge in [-0.1, -0.05) is 61.6 Å². The summed E-state index contributed by atoms with van der Waals surface area (Å²) in [5.74, 6) is -1.72. The number of alkyl halides is 3. The maximum absolute atomic E-state index is 13.5. The number of hydrogen-bond donors (Lipinski definition) is 1. The van der Waals surface area contributed by atoms with Gasteiger partial charge in [-0.05, 0) is 36.8 Å². The van der Waals surface area contributed by atoms with Gasteiger partial charge in [-0.25, -0.2) is 9.67 Å². The van der Waals surface area contributed by atoms with Crippen LogP contribution in [0.3, 0.4) is 0 Å². The maximum atomic E-state index is 13.5. The minimum absolute atomic E-state index is 0.0138. The number of amides is 2. The van der Waals surface area contributed by atoms with Crippen LogP contribution in [0.5, 0.6) is 0 Å². The van der Waals surface area contributed by atoms with Gasteiger partial charge in [0.15, 0.2) is 11.5 Å². The van der Waals surface area contributed by atoms with Crippen LogP contribution in [-0.2, 0) is 16.9 Å². The maximum Gasteiger partial charge on any atom is 0.435 e. The van der Waals surface area contributed by atoms with Gasteiger partial charge in [-0.3, -0.25) is 9.59 Å². The summed E-state index contributed by atoms with van der Waals surface area (Å²) in [6, 6.07) is 6.37. The number of nitrogens with zero attached hydrogens (tertiary/aromatic N) is 4. The van der Waals surface area contributed by atoms with E-state index in [0.29, 0.717) is 16.3 Å². The van der Waals surface area contributed by atoms with E-state index in [1.54, 1.807) is 6.92 Å². The standard InChI is InChI=1S/C24H24Cl2F3N5O2S/c1-12(2)37(13(3)4)33-22(35)16-10-15(25)9-14(5)20(16)31-23(36)18-11-19(24(27,28)29)32-34(18)21-17(26)7-6-8-30-21/h6-13H,1-5H3,(H,31,36). The zero-order chi connectivity index (χ0) is 27.7. The number of anilines is 1. The second kappa shape index (κ2) is 11.3. The number of halogens is 5. The van der Waals surface area contributed by atoms with Crippen molar-refractivity contribution < 1.29 is 22.8 Å². The molecule has 0 saturated carbocycles. The topological polar surface area (TPSA) is 89.2 Å². The average molecular weight is 574 g/mol. The summed E-state index contributed by atoms with van der Waals surface area (Å²) >= 11 is 12.3. The van der Waals surface area contributed by atoms with Crippen LogP contribution in [-0.4, -0.2) is 37.1 Å². The Hall–Kier alpha value is -2.76. The number of rotatable bonds is 6. The fraction of sp³-hybridized carbons (Fsp3) is 0.333. The molecular formula is C24H24Cl2F3N5O2S. The summed E-state index contributed by atoms with van der Waals surface area (Å²) in [6.07, 6.45) is -3.53. The lowest BCUT2D eigenvalue weighted by Gasteiger charge is -2.17. The third kappa shape index (κ3) is 6.58. The third-order valence-corrected chi connectivity index (χ3v) is 7.92. The van der Waals surface area contributed by atoms with E-state index in [4.69, 9.17) is 23.2 Å². The van der Waals surface area contributed by atoms with Gasteiger partial charge >= 0.3 is 6.18 Å². The van der Waals surface area contributed by atoms with E-state index in [9.17, 15) is 22.8 Å². The van der Waals surface area contributed by atoms with Crippen molar-refractivity contribution in [2.75, 3.05) is 5.32 Å². The van der Waals surface area contributed by atoms with E-state index in [2.05, 4.69) is 19.8 Å². The summed E-state index contributed by atoms with van der Waals surface area (Å²) in [5, 5.41) is 6.51. The second-order valence-electron chi connectivity index (χ2n) is 8.57. The van der Waals surface area contributed by atoms with E-state index < -0.39 is 40.1 Å². The van der Waals surface area contributed by atoms with Gasteiger partial charge in [0.25, 0.3) is 11.8 Å². The smallest absolute Gasteiger partial charge is 0.320 e. The SMILES string of the molecule is Cc1cc(Cl)cc(C(=O)N=S(C(C)C)C(C)C)c1NC(=O)c1cc(C(F)(F)F)nn1-c1ncccc1Cl. The molecule has 2 amide bonds. The van der Waals surface area contributed by atoms with Crippen molar-refractivity contribution in [3.63, 3.8) is 0 Å². The van der Waals surface area contributed by atoms with Gasteiger partial charge in [0.05, 0.1) is 16.3 Å². The highest BCUT2D eigenvalue weighted by Crippen LogP contribution is 2.32. The quantitative estimate of drug-likeness (QED) is 0.347. The largest absolute Gasteiger partial charge is 0.435 e. The lowest BCUT2D eigenvalue weighted by molar-refractivity contribution is -0.141. The van der Waals surface area contributed by atoms with Crippen molar-refractivity contribution >= 4 is 51.4 Å². The van der Waals surface area contributed by atoms with Crippen LogP contribution in [0.2, 0.25) is 10.0 Å². The van der Waals surface area contributed by atoms with Crippen LogP contribution in [0.15, 0.2) is 40.9 Å². The van der Waals surface area contributed by atoms with Crippen LogP contribution < -0.4 is 5.32 Å². The highest BCUT2D eigenvalue weighted by Gasteiger charge is 2.37. The predicted molar refractivity (Wildman–Crippen MR) is 140 cm³/mol. The molecule has 0 bridgehead atoms. The Bertz CT molecular complexity index is 1380. The first kappa shape index (κ1) is 28.8. The Morgan fingerprint density at radius 1 is 1.11 bits per heavy atom. The van der Waals surface area contributed by atoms with Crippen LogP contribution in [0.4, 0.5) is 18.9 Å². The van der Waals surface area contributed by atoms with Crippen molar-refractivity contribution in [1.29, 1.82) is 0 Å². The molecule has 2 heterocycles. The van der Waals surface area contributed by atoms with Crippen molar-refractivity contribution in [3.05, 3.63) is 69.1 Å². The van der Waals surface area contributed by atoms with Gasteiger partial charge in [0, 0.05) is 27.8 Å². The summed E-state index contributed by atoms with van der Waals surface area (Å²) in [4.78, 5) is 30.5. The van der Waals surface area contributed by atoms with Crippen LogP contribution >= 0.6 is 23.2 Å². The van der Waals surface area contributed by atoms with Gasteiger partial charge in [0.2, 0.25) is 0 Å². The fourth-order valence-corrected chi connectivity index (χ4v) is 5.81. The predicted octanol–water partition coefficient (Wildman–Crippen LogP) is 6.91. The molecule has 0 spiro atoms. The normalized spacial score (nSPS) is 11.9. The van der Waals surface area contributed by atoms with Crippen molar-refractivity contribution in [1.82, 2.24) is 14.8 Å². The molecule has 0 radical (unpaired) electrons. The lowest BCUT2D eigenvalue weighted by Crippen LogP contribution is -2.21. The molecular weight excluding hydrogens is 550 g/mol. The van der Waals surface area contributed by atoms with E-state index in [0.717, 1.165) is 0 Å². The van der Waals surface area contributed by atoms with E-state index in [1.807, 2.05) is 27.7 Å². The fourth-order valence-electron chi connectivity index (χ4n) is 3.53. The summed E-state index contributed by atoms with van der Waals surface area (Å²) in [5.41, 5.74) is -1.27. The number of hydrogen-bond acceptors (Lipinski definition) is 4. The molecule has 13 heteroatoms. The molecule has 1 aromatic carbocycles. The molecule has 0 aliphatic rings. The highest BCUT2D eigenvalue weighted by molar-refractivity contribution is 7.88. The molecule has 3 rings (SSSR count). The van der Waals surface area contributed by atoms with Crippen molar-refractivity contribution in [2.45, 2.75) is 51.3 Å². The molecule has 0 fully saturated rings. The van der Waals surface area contributed by atoms with Gasteiger partial charge in [-0.2, -0.15) is 22.6 Å². The van der Waals surface area contributed by atoms with Crippen molar-refractivity contribution in [3.8, 4) is 5.82 Å². The Balaban J connectivity index is 2.12. The lowest BCUT2D eigenvalue weighted by atomic mass is 10.1. The Morgan fingerprint density at radius 3 is 2.32 bits per heavy atom. The number of benzene rings is 1. The van der Waals surface area contributed by atoms with Crippen LogP contribution in [0.25, 0.3) is 5.82 Å². The Labute approximate surface area is 224 Å². The molecule has 37 heavy (non-hydrogen) atoms. The van der Waals surface area contributed by atoms with E-state index in [-0.39, 0.29) is 37.6 Å². The first-order valence-electron chi connectivity index (χ1n) is 11.1. The summed E-state index contributed by atoms with van der Waals surface area (Å²) in [6.45, 7) is 9.42. The number of aryl methyl sites for hydroxylation is 1. The monoisotopic (exact) mass is 573 g/mol. The molecule has 2 aromatic heterocycles. The average Bonchev–Trinajstić information content (AvgIpc) is 3.24. The number of nitrogens with one attached hydrogen (secondary N) is 1. The molecule has 0 unspecified atom stereocenters. The van der Waals surface area contributed by atoms with Crippen LogP contribution in [0.1, 0.15) is 59.8 Å². The minimum Gasteiger partial charge on any atom is -0.320 e. The molecule has 198 valence electrons. The molecule has 7 nitrogen and oxygen atoms in total. The number of carbonyl (C=O) groups is 2. The zero-order valence-corrected chi connectivity index (χ0v) is 22.9. The van der Waals surface area contributed by atoms with Gasteiger partial charge < -0.3 is 5.32 Å². The van der Waals surface area contributed by atoms with Crippen molar-refractivity contribution in [2.24, 2.45) is 4.36 Å². The Kier molecular flexibility index (Phi) is 8.81. The van der Waals surface area contributed by atoms with Gasteiger partial charge in [-0.15, -0.1) is 0 Å². The van der Waals surface area contributed by atoms with E-state index >= 15 is 0 Å². The minimum atomic E-state index is -4.83. The molecule has 0 saturated heterocycles. The summed E-state index contributed by atoms with van der Waals surface area (Å²) in [7, 11) is -0.609. The number of carbonyl (C=O) groups excluding carboxylic acids is 2. The summed E-state index contributed by atoms with van der Waals surface area (Å²) < 4.78 is 45.5. The third-order valence-electron chi connectivity index (χ3n) is 5.10. The van der Waals surface area contributed by atoms with E-state index in [1.165, 1.54) is 30.5 Å².